The van der Waals surface area contributed by atoms with Crippen molar-refractivity contribution in [1.29, 1.82) is 0 Å². The van der Waals surface area contributed by atoms with E-state index in [1.54, 1.807) is 12.5 Å². The molecule has 16 heavy (non-hydrogen) atoms. The van der Waals surface area contributed by atoms with Crippen LogP contribution in [0.3, 0.4) is 0 Å². The van der Waals surface area contributed by atoms with E-state index in [-0.39, 0.29) is 0 Å². The maximum Gasteiger partial charge on any atom is 0.182 e. The lowest BCUT2D eigenvalue weighted by Crippen LogP contribution is -2.13. The van der Waals surface area contributed by atoms with Gasteiger partial charge in [0, 0.05) is 12.7 Å². The number of hydrogen-bond acceptors (Lipinski definition) is 4. The summed E-state index contributed by atoms with van der Waals surface area (Å²) in [7, 11) is 0. The van der Waals surface area contributed by atoms with Gasteiger partial charge < -0.3 is 9.88 Å². The number of nitrogens with one attached hydrogen (secondary N) is 1. The first-order valence-electron chi connectivity index (χ1n) is 5.47. The molecule has 1 aliphatic rings. The lowest BCUT2D eigenvalue weighted by Gasteiger charge is -2.12. The van der Waals surface area contributed by atoms with Crippen molar-refractivity contribution in [2.45, 2.75) is 12.5 Å². The van der Waals surface area contributed by atoms with Gasteiger partial charge in [-0.25, -0.2) is 0 Å². The highest BCUT2D eigenvalue weighted by atomic mass is 15.3. The number of pyridine rings is 1. The molecule has 0 spiro atoms. The van der Waals surface area contributed by atoms with E-state index in [0.29, 0.717) is 6.04 Å². The van der Waals surface area contributed by atoms with E-state index < -0.39 is 0 Å². The first-order valence-corrected chi connectivity index (χ1v) is 5.47. The Labute approximate surface area is 93.5 Å². The van der Waals surface area contributed by atoms with Crippen LogP contribution in [-0.4, -0.2) is 32.8 Å². The van der Waals surface area contributed by atoms with Crippen molar-refractivity contribution in [2.75, 3.05) is 13.1 Å². The number of rotatable bonds is 2. The molecular weight excluding hydrogens is 202 g/mol. The van der Waals surface area contributed by atoms with Crippen molar-refractivity contribution in [1.82, 2.24) is 25.1 Å². The predicted molar refractivity (Wildman–Crippen MR) is 59.8 cm³/mol. The van der Waals surface area contributed by atoms with E-state index in [0.717, 1.165) is 31.0 Å². The van der Waals surface area contributed by atoms with E-state index in [4.69, 9.17) is 0 Å². The molecule has 0 bridgehead atoms. The third-order valence-electron chi connectivity index (χ3n) is 2.89. The van der Waals surface area contributed by atoms with Crippen molar-refractivity contribution in [3.05, 3.63) is 30.7 Å². The summed E-state index contributed by atoms with van der Waals surface area (Å²) < 4.78 is 2.11. The predicted octanol–water partition coefficient (Wildman–Crippen LogP) is 0.874. The highest BCUT2D eigenvalue weighted by Gasteiger charge is 2.20. The molecule has 3 heterocycles. The molecule has 1 unspecified atom stereocenters. The van der Waals surface area contributed by atoms with Crippen molar-refractivity contribution in [3.63, 3.8) is 0 Å². The molecule has 1 N–H and O–H groups in total. The average Bonchev–Trinajstić information content (AvgIpc) is 3.01. The van der Waals surface area contributed by atoms with Gasteiger partial charge in [-0.15, -0.1) is 10.2 Å². The third-order valence-corrected chi connectivity index (χ3v) is 2.89. The van der Waals surface area contributed by atoms with Crippen molar-refractivity contribution in [3.8, 4) is 11.5 Å². The van der Waals surface area contributed by atoms with Crippen LogP contribution in [-0.2, 0) is 0 Å². The molecule has 0 aliphatic carbocycles. The smallest absolute Gasteiger partial charge is 0.182 e. The van der Waals surface area contributed by atoms with E-state index in [2.05, 4.69) is 25.1 Å². The van der Waals surface area contributed by atoms with Gasteiger partial charge in [-0.1, -0.05) is 6.07 Å². The fourth-order valence-corrected chi connectivity index (χ4v) is 2.07. The standard InChI is InChI=1S/C11H13N5/c1-2-5-13-10(3-1)11-15-14-8-16(11)9-4-6-12-7-9/h1-3,5,8-9,12H,4,6-7H2. The molecule has 5 heteroatoms. The summed E-state index contributed by atoms with van der Waals surface area (Å²) in [6, 6.07) is 6.28. The third kappa shape index (κ3) is 1.59. The van der Waals surface area contributed by atoms with Gasteiger partial charge in [-0.2, -0.15) is 0 Å². The molecule has 0 aromatic carbocycles. The molecule has 2 aromatic rings. The Kier molecular flexibility index (Phi) is 2.38. The molecule has 1 aliphatic heterocycles. The van der Waals surface area contributed by atoms with Crippen molar-refractivity contribution in [2.24, 2.45) is 0 Å². The minimum atomic E-state index is 0.451. The molecule has 5 nitrogen and oxygen atoms in total. The average molecular weight is 215 g/mol. The number of aromatic nitrogens is 4. The van der Waals surface area contributed by atoms with E-state index in [9.17, 15) is 0 Å². The molecule has 1 fully saturated rings. The van der Waals surface area contributed by atoms with Gasteiger partial charge in [0.2, 0.25) is 0 Å². The Balaban J connectivity index is 1.99. The summed E-state index contributed by atoms with van der Waals surface area (Å²) >= 11 is 0. The maximum atomic E-state index is 4.31. The normalized spacial score (nSPS) is 20.1. The SMILES string of the molecule is c1ccc(-c2nncn2C2CCNC2)nc1. The summed E-state index contributed by atoms with van der Waals surface area (Å²) in [5, 5.41) is 11.5. The van der Waals surface area contributed by atoms with Crippen molar-refractivity contribution < 1.29 is 0 Å². The summed E-state index contributed by atoms with van der Waals surface area (Å²) in [4.78, 5) is 4.31. The summed E-state index contributed by atoms with van der Waals surface area (Å²) in [6.45, 7) is 2.04. The van der Waals surface area contributed by atoms with Crippen LogP contribution in [0.4, 0.5) is 0 Å². The molecule has 2 aromatic heterocycles. The molecule has 0 radical (unpaired) electrons. The Morgan fingerprint density at radius 2 is 2.38 bits per heavy atom. The minimum Gasteiger partial charge on any atom is -0.315 e. The van der Waals surface area contributed by atoms with E-state index in [1.807, 2.05) is 18.2 Å². The lowest BCUT2D eigenvalue weighted by atomic mass is 10.2. The summed E-state index contributed by atoms with van der Waals surface area (Å²) in [5.41, 5.74) is 0.881. The minimum absolute atomic E-state index is 0.451. The van der Waals surface area contributed by atoms with E-state index in [1.165, 1.54) is 0 Å². The van der Waals surface area contributed by atoms with Crippen LogP contribution in [0.5, 0.6) is 0 Å². The van der Waals surface area contributed by atoms with Gasteiger partial charge in [0.25, 0.3) is 0 Å². The lowest BCUT2D eigenvalue weighted by molar-refractivity contribution is 0.549. The zero-order chi connectivity index (χ0) is 10.8. The van der Waals surface area contributed by atoms with Crippen LogP contribution in [0.15, 0.2) is 30.7 Å². The fourth-order valence-electron chi connectivity index (χ4n) is 2.07. The zero-order valence-electron chi connectivity index (χ0n) is 8.87. The molecule has 1 atom stereocenters. The van der Waals surface area contributed by atoms with Crippen LogP contribution < -0.4 is 5.32 Å². The van der Waals surface area contributed by atoms with Gasteiger partial charge in [0.1, 0.15) is 12.0 Å². The highest BCUT2D eigenvalue weighted by Crippen LogP contribution is 2.21. The van der Waals surface area contributed by atoms with Crippen LogP contribution in [0.25, 0.3) is 11.5 Å². The summed E-state index contributed by atoms with van der Waals surface area (Å²) in [6.07, 6.45) is 4.70. The summed E-state index contributed by atoms with van der Waals surface area (Å²) in [5.74, 6) is 0.856. The second-order valence-corrected chi connectivity index (χ2v) is 3.92. The molecule has 0 saturated carbocycles. The molecule has 82 valence electrons. The van der Waals surface area contributed by atoms with Crippen LogP contribution in [0, 0.1) is 0 Å². The molecular formula is C11H13N5. The van der Waals surface area contributed by atoms with Gasteiger partial charge in [-0.3, -0.25) is 4.98 Å². The monoisotopic (exact) mass is 215 g/mol. The van der Waals surface area contributed by atoms with Crippen LogP contribution in [0.1, 0.15) is 12.5 Å². The van der Waals surface area contributed by atoms with Gasteiger partial charge in [0.05, 0.1) is 6.04 Å². The number of nitrogens with zero attached hydrogens (tertiary/aromatic N) is 4. The Hall–Kier alpha value is -1.75. The van der Waals surface area contributed by atoms with Crippen LogP contribution in [0.2, 0.25) is 0 Å². The topological polar surface area (TPSA) is 55.6 Å². The van der Waals surface area contributed by atoms with Gasteiger partial charge >= 0.3 is 0 Å². The van der Waals surface area contributed by atoms with Crippen molar-refractivity contribution >= 4 is 0 Å². The Morgan fingerprint density at radius 1 is 1.38 bits per heavy atom. The van der Waals surface area contributed by atoms with E-state index >= 15 is 0 Å². The maximum absolute atomic E-state index is 4.31. The highest BCUT2D eigenvalue weighted by molar-refractivity contribution is 5.48. The second-order valence-electron chi connectivity index (χ2n) is 3.92. The molecule has 3 rings (SSSR count). The molecule has 0 amide bonds. The van der Waals surface area contributed by atoms with Gasteiger partial charge in [0.15, 0.2) is 5.82 Å². The first kappa shape index (κ1) is 9.47. The largest absolute Gasteiger partial charge is 0.315 e. The Bertz CT molecular complexity index is 458. The van der Waals surface area contributed by atoms with Gasteiger partial charge in [-0.05, 0) is 25.1 Å². The fraction of sp³-hybridized carbons (Fsp3) is 0.364. The Morgan fingerprint density at radius 3 is 3.12 bits per heavy atom. The molecule has 1 saturated heterocycles. The quantitative estimate of drug-likeness (QED) is 0.807. The number of hydrogen-bond donors (Lipinski definition) is 1. The zero-order valence-corrected chi connectivity index (χ0v) is 8.87. The van der Waals surface area contributed by atoms with Crippen LogP contribution >= 0.6 is 0 Å². The second kappa shape index (κ2) is 4.02. The first-order chi connectivity index (χ1) is 7.95.